The van der Waals surface area contributed by atoms with E-state index in [9.17, 15) is 17.2 Å². The van der Waals surface area contributed by atoms with E-state index in [1.165, 1.54) is 30.6 Å². The van der Waals surface area contributed by atoms with Crippen LogP contribution < -0.4 is 4.74 Å². The summed E-state index contributed by atoms with van der Waals surface area (Å²) in [6.07, 6.45) is 3.03. The third-order valence-corrected chi connectivity index (χ3v) is 4.19. The van der Waals surface area contributed by atoms with E-state index in [1.54, 1.807) is 18.2 Å². The van der Waals surface area contributed by atoms with Gasteiger partial charge in [-0.3, -0.25) is 4.98 Å². The molecule has 1 aromatic heterocycles. The lowest BCUT2D eigenvalue weighted by atomic mass is 10.2. The second-order valence-corrected chi connectivity index (χ2v) is 6.48. The van der Waals surface area contributed by atoms with Gasteiger partial charge in [-0.25, -0.2) is 8.42 Å². The molecule has 0 fully saturated rings. The summed E-state index contributed by atoms with van der Waals surface area (Å²) in [4.78, 5) is 3.82. The monoisotopic (exact) mass is 313 g/mol. The molecule has 112 valence electrons. The van der Waals surface area contributed by atoms with Crippen molar-refractivity contribution in [3.05, 3.63) is 59.9 Å². The Bertz CT molecular complexity index is 690. The van der Waals surface area contributed by atoms with E-state index in [0.717, 1.165) is 0 Å². The quantitative estimate of drug-likeness (QED) is 0.823. The number of hydrogen-bond acceptors (Lipinski definition) is 4. The normalized spacial score (nSPS) is 11.6. The maximum Gasteiger partial charge on any atom is 0.387 e. The number of pyridine rings is 1. The van der Waals surface area contributed by atoms with Gasteiger partial charge in [0.25, 0.3) is 0 Å². The zero-order valence-corrected chi connectivity index (χ0v) is 11.8. The Balaban J connectivity index is 2.09. The Kier molecular flexibility index (Phi) is 4.85. The van der Waals surface area contributed by atoms with Crippen molar-refractivity contribution < 1.29 is 21.9 Å². The molecule has 0 saturated carbocycles. The van der Waals surface area contributed by atoms with E-state index in [1.807, 2.05) is 0 Å². The summed E-state index contributed by atoms with van der Waals surface area (Å²) in [5.74, 6) is -0.424. The molecule has 1 heterocycles. The fourth-order valence-electron chi connectivity index (χ4n) is 1.85. The molecule has 1 aromatic carbocycles. The molecule has 0 amide bonds. The number of hydrogen-bond donors (Lipinski definition) is 0. The molecule has 0 spiro atoms. The Morgan fingerprint density at radius 1 is 1.05 bits per heavy atom. The molecule has 0 bridgehead atoms. The number of alkyl halides is 2. The van der Waals surface area contributed by atoms with Gasteiger partial charge in [0, 0.05) is 12.4 Å². The fraction of sp³-hybridized carbons (Fsp3) is 0.214. The topological polar surface area (TPSA) is 56.3 Å². The summed E-state index contributed by atoms with van der Waals surface area (Å²) in [6, 6.07) is 8.93. The number of nitrogens with zero attached hydrogens (tertiary/aromatic N) is 1. The first kappa shape index (κ1) is 15.4. The van der Waals surface area contributed by atoms with E-state index in [0.29, 0.717) is 11.1 Å². The van der Waals surface area contributed by atoms with Crippen LogP contribution in [0.1, 0.15) is 11.1 Å². The van der Waals surface area contributed by atoms with Crippen molar-refractivity contribution >= 4 is 9.84 Å². The minimum absolute atomic E-state index is 0.0541. The van der Waals surface area contributed by atoms with Gasteiger partial charge < -0.3 is 4.74 Å². The van der Waals surface area contributed by atoms with Crippen molar-refractivity contribution in [1.82, 2.24) is 4.98 Å². The van der Waals surface area contributed by atoms with Crippen LogP contribution in [0, 0.1) is 0 Å². The predicted octanol–water partition coefficient (Wildman–Crippen LogP) is 2.80. The van der Waals surface area contributed by atoms with Crippen LogP contribution in [-0.4, -0.2) is 20.0 Å². The number of benzene rings is 1. The van der Waals surface area contributed by atoms with Gasteiger partial charge in [0.1, 0.15) is 5.75 Å². The summed E-state index contributed by atoms with van der Waals surface area (Å²) in [5, 5.41) is 0. The van der Waals surface area contributed by atoms with E-state index >= 15 is 0 Å². The van der Waals surface area contributed by atoms with Gasteiger partial charge in [-0.1, -0.05) is 12.1 Å². The molecule has 0 aliphatic rings. The first-order chi connectivity index (χ1) is 9.94. The van der Waals surface area contributed by atoms with Gasteiger partial charge in [-0.2, -0.15) is 8.78 Å². The van der Waals surface area contributed by atoms with Gasteiger partial charge in [-0.05, 0) is 35.4 Å². The SMILES string of the molecule is O=S(=O)(Cc1ccncc1)Cc1cccc(OC(F)F)c1. The van der Waals surface area contributed by atoms with Gasteiger partial charge in [0.15, 0.2) is 9.84 Å². The smallest absolute Gasteiger partial charge is 0.387 e. The Labute approximate surface area is 121 Å². The lowest BCUT2D eigenvalue weighted by Crippen LogP contribution is -2.08. The van der Waals surface area contributed by atoms with Gasteiger partial charge in [0.2, 0.25) is 0 Å². The minimum Gasteiger partial charge on any atom is -0.435 e. The third-order valence-electron chi connectivity index (χ3n) is 2.65. The highest BCUT2D eigenvalue weighted by Gasteiger charge is 2.14. The second kappa shape index (κ2) is 6.62. The van der Waals surface area contributed by atoms with Crippen LogP contribution in [0.3, 0.4) is 0 Å². The highest BCUT2D eigenvalue weighted by Crippen LogP contribution is 2.19. The standard InChI is InChI=1S/C14H13F2NO3S/c15-14(16)20-13-3-1-2-12(8-13)10-21(18,19)9-11-4-6-17-7-5-11/h1-8,14H,9-10H2. The van der Waals surface area contributed by atoms with Crippen LogP contribution in [0.15, 0.2) is 48.8 Å². The van der Waals surface area contributed by atoms with Crippen molar-refractivity contribution in [1.29, 1.82) is 0 Å². The average molecular weight is 313 g/mol. The van der Waals surface area contributed by atoms with Crippen LogP contribution in [0.4, 0.5) is 8.78 Å². The molecule has 0 N–H and O–H groups in total. The fourth-order valence-corrected chi connectivity index (χ4v) is 3.34. The zero-order chi connectivity index (χ0) is 15.3. The first-order valence-corrected chi connectivity index (χ1v) is 7.90. The van der Waals surface area contributed by atoms with E-state index in [2.05, 4.69) is 9.72 Å². The van der Waals surface area contributed by atoms with Gasteiger partial charge in [-0.15, -0.1) is 0 Å². The molecular weight excluding hydrogens is 300 g/mol. The number of rotatable bonds is 6. The van der Waals surface area contributed by atoms with Crippen molar-refractivity contribution in [3.63, 3.8) is 0 Å². The van der Waals surface area contributed by atoms with Crippen molar-refractivity contribution in [3.8, 4) is 5.75 Å². The molecule has 0 saturated heterocycles. The maximum atomic E-state index is 12.1. The molecule has 0 aliphatic heterocycles. The molecule has 0 atom stereocenters. The number of aromatic nitrogens is 1. The van der Waals surface area contributed by atoms with E-state index in [-0.39, 0.29) is 17.3 Å². The van der Waals surface area contributed by atoms with Crippen LogP contribution in [0.2, 0.25) is 0 Å². The lowest BCUT2D eigenvalue weighted by Gasteiger charge is -2.08. The van der Waals surface area contributed by atoms with Gasteiger partial charge >= 0.3 is 6.61 Å². The zero-order valence-electron chi connectivity index (χ0n) is 10.9. The Morgan fingerprint density at radius 2 is 1.71 bits per heavy atom. The summed E-state index contributed by atoms with van der Waals surface area (Å²) in [7, 11) is -3.40. The summed E-state index contributed by atoms with van der Waals surface area (Å²) < 4.78 is 52.7. The molecule has 0 radical (unpaired) electrons. The summed E-state index contributed by atoms with van der Waals surface area (Å²) >= 11 is 0. The summed E-state index contributed by atoms with van der Waals surface area (Å²) in [6.45, 7) is -2.94. The molecule has 4 nitrogen and oxygen atoms in total. The molecule has 7 heteroatoms. The number of halogens is 2. The van der Waals surface area contributed by atoms with E-state index < -0.39 is 16.4 Å². The molecule has 21 heavy (non-hydrogen) atoms. The van der Waals surface area contributed by atoms with Crippen LogP contribution in [0.25, 0.3) is 0 Å². The second-order valence-electron chi connectivity index (χ2n) is 4.41. The molecule has 0 aliphatic carbocycles. The van der Waals surface area contributed by atoms with Crippen molar-refractivity contribution in [2.24, 2.45) is 0 Å². The van der Waals surface area contributed by atoms with Crippen LogP contribution in [0.5, 0.6) is 5.75 Å². The number of ether oxygens (including phenoxy) is 1. The largest absolute Gasteiger partial charge is 0.435 e. The number of sulfone groups is 1. The molecule has 2 rings (SSSR count). The lowest BCUT2D eigenvalue weighted by molar-refractivity contribution is -0.0498. The first-order valence-electron chi connectivity index (χ1n) is 6.08. The highest BCUT2D eigenvalue weighted by molar-refractivity contribution is 7.89. The maximum absolute atomic E-state index is 12.1. The Morgan fingerprint density at radius 3 is 2.38 bits per heavy atom. The van der Waals surface area contributed by atoms with Gasteiger partial charge in [0.05, 0.1) is 11.5 Å². The van der Waals surface area contributed by atoms with Crippen LogP contribution in [-0.2, 0) is 21.3 Å². The third kappa shape index (κ3) is 5.11. The summed E-state index contributed by atoms with van der Waals surface area (Å²) in [5.41, 5.74) is 1.03. The van der Waals surface area contributed by atoms with Crippen LogP contribution >= 0.6 is 0 Å². The molecule has 0 unspecified atom stereocenters. The predicted molar refractivity (Wildman–Crippen MR) is 73.6 cm³/mol. The molecular formula is C14H13F2NO3S. The highest BCUT2D eigenvalue weighted by atomic mass is 32.2. The van der Waals surface area contributed by atoms with Crippen molar-refractivity contribution in [2.75, 3.05) is 0 Å². The van der Waals surface area contributed by atoms with E-state index in [4.69, 9.17) is 0 Å². The van der Waals surface area contributed by atoms with Crippen molar-refractivity contribution in [2.45, 2.75) is 18.1 Å². The molecule has 2 aromatic rings. The Hall–Kier alpha value is -2.02. The average Bonchev–Trinajstić information content (AvgIpc) is 2.38. The minimum atomic E-state index is -3.40.